The molecule has 1 heterocycles. The molecule has 0 aromatic carbocycles. The van der Waals surface area contributed by atoms with E-state index in [9.17, 15) is 0 Å². The van der Waals surface area contributed by atoms with Crippen LogP contribution in [0.3, 0.4) is 0 Å². The van der Waals surface area contributed by atoms with Gasteiger partial charge in [-0.3, -0.25) is 0 Å². The van der Waals surface area contributed by atoms with Crippen molar-refractivity contribution in [3.05, 3.63) is 0 Å². The molecular formula is C10H20Se4. The molecule has 84 valence electrons. The van der Waals surface area contributed by atoms with Crippen LogP contribution in [0, 0.1) is 0 Å². The molecule has 1 saturated heterocycles. The van der Waals surface area contributed by atoms with Crippen LogP contribution in [-0.2, 0) is 0 Å². The van der Waals surface area contributed by atoms with Gasteiger partial charge in [0.15, 0.2) is 0 Å². The molecule has 0 amide bonds. The zero-order chi connectivity index (χ0) is 9.90. The fraction of sp³-hybridized carbons (Fsp3) is 1.00. The Labute approximate surface area is 110 Å². The summed E-state index contributed by atoms with van der Waals surface area (Å²) >= 11 is 4.48. The van der Waals surface area contributed by atoms with E-state index in [-0.39, 0.29) is 0 Å². The van der Waals surface area contributed by atoms with E-state index in [2.05, 4.69) is 0 Å². The van der Waals surface area contributed by atoms with Crippen LogP contribution >= 0.6 is 0 Å². The van der Waals surface area contributed by atoms with Gasteiger partial charge < -0.3 is 0 Å². The van der Waals surface area contributed by atoms with E-state index in [1.165, 1.54) is 38.5 Å². The van der Waals surface area contributed by atoms with Crippen molar-refractivity contribution in [1.29, 1.82) is 0 Å². The summed E-state index contributed by atoms with van der Waals surface area (Å²) in [6.45, 7) is 0. The number of hydrogen-bond acceptors (Lipinski definition) is 0. The van der Waals surface area contributed by atoms with E-state index in [4.69, 9.17) is 0 Å². The first-order valence-electron chi connectivity index (χ1n) is 5.58. The minimum atomic E-state index is 1.10. The summed E-state index contributed by atoms with van der Waals surface area (Å²) in [6.07, 6.45) is 12.3. The second-order valence-corrected chi connectivity index (χ2v) is 30.4. The van der Waals surface area contributed by atoms with Gasteiger partial charge in [0.25, 0.3) is 0 Å². The van der Waals surface area contributed by atoms with Gasteiger partial charge in [-0.1, -0.05) is 0 Å². The SMILES string of the molecule is C1CCCCC[Se][Se][Se][Se]CCCC1. The topological polar surface area (TPSA) is 0 Å². The van der Waals surface area contributed by atoms with Crippen molar-refractivity contribution in [2.45, 2.75) is 62.0 Å². The van der Waals surface area contributed by atoms with Crippen LogP contribution in [-0.4, -0.2) is 48.9 Å². The van der Waals surface area contributed by atoms with Crippen LogP contribution in [0.5, 0.6) is 0 Å². The van der Waals surface area contributed by atoms with Gasteiger partial charge in [-0.25, -0.2) is 0 Å². The van der Waals surface area contributed by atoms with Crippen molar-refractivity contribution < 1.29 is 0 Å². The summed E-state index contributed by atoms with van der Waals surface area (Å²) in [5, 5.41) is 3.23. The van der Waals surface area contributed by atoms with Crippen molar-refractivity contribution >= 4 is 48.9 Å². The van der Waals surface area contributed by atoms with Gasteiger partial charge in [-0.05, 0) is 0 Å². The van der Waals surface area contributed by atoms with Gasteiger partial charge >= 0.3 is 111 Å². The average molecular weight is 456 g/mol. The average Bonchev–Trinajstić information content (AvgIpc) is 2.22. The van der Waals surface area contributed by atoms with Crippen LogP contribution in [0.25, 0.3) is 0 Å². The molecule has 0 aromatic heterocycles. The van der Waals surface area contributed by atoms with Crippen LogP contribution in [0.15, 0.2) is 0 Å². The Morgan fingerprint density at radius 2 is 0.786 bits per heavy atom. The third-order valence-electron chi connectivity index (χ3n) is 2.33. The molecule has 0 saturated carbocycles. The Morgan fingerprint density at radius 1 is 0.429 bits per heavy atom. The Balaban J connectivity index is 2.00. The fourth-order valence-corrected chi connectivity index (χ4v) is 43.5. The second kappa shape index (κ2) is 11.6. The van der Waals surface area contributed by atoms with E-state index in [0.29, 0.717) is 0 Å². The van der Waals surface area contributed by atoms with Gasteiger partial charge in [0, 0.05) is 0 Å². The molecule has 14 heavy (non-hydrogen) atoms. The van der Waals surface area contributed by atoms with Crippen LogP contribution in [0.1, 0.15) is 51.4 Å². The molecule has 0 unspecified atom stereocenters. The zero-order valence-corrected chi connectivity index (χ0v) is 15.6. The van der Waals surface area contributed by atoms with Crippen molar-refractivity contribution in [3.8, 4) is 0 Å². The zero-order valence-electron chi connectivity index (χ0n) is 8.70. The van der Waals surface area contributed by atoms with Crippen molar-refractivity contribution in [2.24, 2.45) is 0 Å². The second-order valence-electron chi connectivity index (χ2n) is 3.61. The summed E-state index contributed by atoms with van der Waals surface area (Å²) in [6, 6.07) is 0. The van der Waals surface area contributed by atoms with Crippen LogP contribution in [0.4, 0.5) is 0 Å². The molecule has 4 heteroatoms. The molecule has 0 aliphatic carbocycles. The Hall–Kier alpha value is 2.08. The minimum absolute atomic E-state index is 1.10. The predicted octanol–water partition coefficient (Wildman–Crippen LogP) is 2.52. The molecule has 1 fully saturated rings. The molecule has 0 N–H and O–H groups in total. The molecule has 1 aliphatic rings. The quantitative estimate of drug-likeness (QED) is 0.492. The van der Waals surface area contributed by atoms with Gasteiger partial charge in [-0.15, -0.1) is 0 Å². The Kier molecular flexibility index (Phi) is 11.7. The van der Waals surface area contributed by atoms with E-state index < -0.39 is 0 Å². The molecule has 0 spiro atoms. The van der Waals surface area contributed by atoms with Crippen LogP contribution in [0.2, 0.25) is 10.6 Å². The molecular weight excluding hydrogens is 436 g/mol. The molecule has 1 rings (SSSR count). The van der Waals surface area contributed by atoms with E-state index in [1.807, 2.05) is 0 Å². The third kappa shape index (κ3) is 9.31. The van der Waals surface area contributed by atoms with Crippen molar-refractivity contribution in [3.63, 3.8) is 0 Å². The first-order chi connectivity index (χ1) is 7.00. The van der Waals surface area contributed by atoms with Crippen molar-refractivity contribution in [1.82, 2.24) is 0 Å². The Morgan fingerprint density at radius 3 is 1.21 bits per heavy atom. The van der Waals surface area contributed by atoms with E-state index in [1.54, 1.807) is 23.5 Å². The maximum absolute atomic E-state index is 1.62. The summed E-state index contributed by atoms with van der Waals surface area (Å²) in [5.74, 6) is 0. The van der Waals surface area contributed by atoms with Gasteiger partial charge in [-0.2, -0.15) is 0 Å². The Bertz CT molecular complexity index is 65.4. The summed E-state index contributed by atoms with van der Waals surface area (Å²) in [7, 11) is 0. The monoisotopic (exact) mass is 460 g/mol. The molecule has 1 aliphatic heterocycles. The normalized spacial score (nSPS) is 24.0. The summed E-state index contributed by atoms with van der Waals surface area (Å²) in [4.78, 5) is 0. The predicted molar refractivity (Wildman–Crippen MR) is 69.6 cm³/mol. The van der Waals surface area contributed by atoms with Crippen molar-refractivity contribution in [2.75, 3.05) is 0 Å². The van der Waals surface area contributed by atoms with E-state index in [0.717, 1.165) is 48.9 Å². The summed E-state index contributed by atoms with van der Waals surface area (Å²) < 4.78 is 0. The van der Waals surface area contributed by atoms with Crippen LogP contribution < -0.4 is 0 Å². The van der Waals surface area contributed by atoms with E-state index >= 15 is 0 Å². The first-order valence-corrected chi connectivity index (χ1v) is 21.0. The third-order valence-corrected chi connectivity index (χ3v) is 41.5. The molecule has 0 bridgehead atoms. The number of hydrogen-bond donors (Lipinski definition) is 0. The number of rotatable bonds is 0. The molecule has 0 radical (unpaired) electrons. The van der Waals surface area contributed by atoms with Gasteiger partial charge in [0.2, 0.25) is 0 Å². The molecule has 0 nitrogen and oxygen atoms in total. The van der Waals surface area contributed by atoms with Gasteiger partial charge in [0.1, 0.15) is 0 Å². The fourth-order valence-electron chi connectivity index (χ4n) is 1.49. The standard InChI is InChI=1S/C10H20Se4/c1-2-4-6-8-10-12-14-13-11-9-7-5-3-1/h1-10H2. The molecule has 0 atom stereocenters. The maximum atomic E-state index is 1.62. The molecule has 0 aromatic rings. The first kappa shape index (κ1) is 14.1. The van der Waals surface area contributed by atoms with Gasteiger partial charge in [0.05, 0.1) is 0 Å². The summed E-state index contributed by atoms with van der Waals surface area (Å²) in [5.41, 5.74) is 0.